The summed E-state index contributed by atoms with van der Waals surface area (Å²) >= 11 is 1.61. The van der Waals surface area contributed by atoms with Crippen molar-refractivity contribution in [2.24, 2.45) is 0 Å². The molecule has 1 aromatic heterocycles. The Hall–Kier alpha value is -2.99. The number of aryl methyl sites for hydroxylation is 1. The molecule has 28 heavy (non-hydrogen) atoms. The van der Waals surface area contributed by atoms with Gasteiger partial charge in [0.15, 0.2) is 0 Å². The highest BCUT2D eigenvalue weighted by atomic mass is 32.1. The number of carboxylic acids is 1. The van der Waals surface area contributed by atoms with Gasteiger partial charge in [-0.1, -0.05) is 54.6 Å². The SMILES string of the molecule is Cc1nc(-c2ccc(CC(=O)NC(CCC(=O)O)c3ccccc3)cc2)cs1. The summed E-state index contributed by atoms with van der Waals surface area (Å²) in [7, 11) is 0. The number of benzene rings is 2. The van der Waals surface area contributed by atoms with Crippen LogP contribution in [0.3, 0.4) is 0 Å². The van der Waals surface area contributed by atoms with Gasteiger partial charge in [-0.05, 0) is 24.5 Å². The van der Waals surface area contributed by atoms with Gasteiger partial charge >= 0.3 is 5.97 Å². The van der Waals surface area contributed by atoms with Crippen LogP contribution in [0.1, 0.15) is 35.0 Å². The van der Waals surface area contributed by atoms with Crippen molar-refractivity contribution in [2.75, 3.05) is 0 Å². The van der Waals surface area contributed by atoms with Crippen molar-refractivity contribution >= 4 is 23.2 Å². The number of aromatic nitrogens is 1. The number of aliphatic carboxylic acids is 1. The predicted octanol–water partition coefficient (Wildman–Crippen LogP) is 4.38. The Balaban J connectivity index is 1.64. The standard InChI is InChI=1S/C22H22N2O3S/c1-15-23-20(14-28-15)18-9-7-16(8-10-18)13-21(25)24-19(11-12-22(26)27)17-5-3-2-4-6-17/h2-10,14,19H,11-13H2,1H3,(H,24,25)(H,26,27). The monoisotopic (exact) mass is 394 g/mol. The second-order valence-electron chi connectivity index (χ2n) is 6.59. The molecule has 3 rings (SSSR count). The topological polar surface area (TPSA) is 79.3 Å². The van der Waals surface area contributed by atoms with Crippen molar-refractivity contribution in [1.29, 1.82) is 0 Å². The van der Waals surface area contributed by atoms with Gasteiger partial charge in [0.25, 0.3) is 0 Å². The molecule has 1 atom stereocenters. The summed E-state index contributed by atoms with van der Waals surface area (Å²) in [5, 5.41) is 15.0. The molecule has 0 aliphatic rings. The molecule has 144 valence electrons. The number of hydrogen-bond donors (Lipinski definition) is 2. The van der Waals surface area contributed by atoms with Crippen molar-refractivity contribution in [3.63, 3.8) is 0 Å². The summed E-state index contributed by atoms with van der Waals surface area (Å²) in [5.41, 5.74) is 3.78. The normalized spacial score (nSPS) is 11.8. The molecule has 0 fully saturated rings. The summed E-state index contributed by atoms with van der Waals surface area (Å²) in [6, 6.07) is 16.9. The largest absolute Gasteiger partial charge is 0.481 e. The maximum absolute atomic E-state index is 12.5. The van der Waals surface area contributed by atoms with Crippen molar-refractivity contribution < 1.29 is 14.7 Å². The number of nitrogens with zero attached hydrogens (tertiary/aromatic N) is 1. The molecule has 0 spiro atoms. The molecule has 0 aliphatic carbocycles. The maximum atomic E-state index is 12.5. The first-order valence-corrected chi connectivity index (χ1v) is 9.97. The Morgan fingerprint density at radius 2 is 1.82 bits per heavy atom. The van der Waals surface area contributed by atoms with Crippen LogP contribution in [0.25, 0.3) is 11.3 Å². The van der Waals surface area contributed by atoms with E-state index in [9.17, 15) is 9.59 Å². The quantitative estimate of drug-likeness (QED) is 0.594. The van der Waals surface area contributed by atoms with Crippen molar-refractivity contribution in [3.8, 4) is 11.3 Å². The number of carbonyl (C=O) groups is 2. The van der Waals surface area contributed by atoms with E-state index in [1.165, 1.54) is 0 Å². The van der Waals surface area contributed by atoms with Crippen LogP contribution < -0.4 is 5.32 Å². The van der Waals surface area contributed by atoms with Crippen molar-refractivity contribution in [1.82, 2.24) is 10.3 Å². The van der Waals surface area contributed by atoms with Crippen LogP contribution in [0.2, 0.25) is 0 Å². The lowest BCUT2D eigenvalue weighted by atomic mass is 10.0. The molecule has 5 nitrogen and oxygen atoms in total. The number of carboxylic acid groups (broad SMARTS) is 1. The summed E-state index contributed by atoms with van der Waals surface area (Å²) in [6.45, 7) is 1.97. The Kier molecular flexibility index (Phi) is 6.55. The first-order valence-electron chi connectivity index (χ1n) is 9.09. The van der Waals surface area contributed by atoms with Crippen LogP contribution in [0.5, 0.6) is 0 Å². The number of nitrogens with one attached hydrogen (secondary N) is 1. The van der Waals surface area contributed by atoms with Crippen LogP contribution in [0.4, 0.5) is 0 Å². The fourth-order valence-electron chi connectivity index (χ4n) is 3.00. The average molecular weight is 394 g/mol. The molecular weight excluding hydrogens is 372 g/mol. The molecule has 0 saturated carbocycles. The third-order valence-corrected chi connectivity index (χ3v) is 5.19. The van der Waals surface area contributed by atoms with E-state index in [0.29, 0.717) is 6.42 Å². The highest BCUT2D eigenvalue weighted by Crippen LogP contribution is 2.22. The van der Waals surface area contributed by atoms with Gasteiger partial charge < -0.3 is 10.4 Å². The zero-order chi connectivity index (χ0) is 19.9. The van der Waals surface area contributed by atoms with E-state index in [4.69, 9.17) is 5.11 Å². The van der Waals surface area contributed by atoms with E-state index >= 15 is 0 Å². The molecular formula is C22H22N2O3S. The van der Waals surface area contributed by atoms with E-state index in [-0.39, 0.29) is 24.8 Å². The third-order valence-electron chi connectivity index (χ3n) is 4.42. The molecule has 1 heterocycles. The van der Waals surface area contributed by atoms with Gasteiger partial charge in [-0.15, -0.1) is 11.3 Å². The molecule has 0 aliphatic heterocycles. The van der Waals surface area contributed by atoms with E-state index < -0.39 is 5.97 Å². The zero-order valence-corrected chi connectivity index (χ0v) is 16.4. The molecule has 0 bridgehead atoms. The molecule has 2 aromatic carbocycles. The van der Waals surface area contributed by atoms with Gasteiger partial charge in [0.2, 0.25) is 5.91 Å². The lowest BCUT2D eigenvalue weighted by Gasteiger charge is -2.18. The molecule has 0 saturated heterocycles. The second kappa shape index (κ2) is 9.28. The van der Waals surface area contributed by atoms with E-state index in [0.717, 1.165) is 27.4 Å². The van der Waals surface area contributed by atoms with Crippen LogP contribution in [-0.4, -0.2) is 22.0 Å². The van der Waals surface area contributed by atoms with Crippen molar-refractivity contribution in [2.45, 2.75) is 32.2 Å². The first-order chi connectivity index (χ1) is 13.5. The van der Waals surface area contributed by atoms with E-state index in [1.54, 1.807) is 11.3 Å². The van der Waals surface area contributed by atoms with Gasteiger partial charge in [0, 0.05) is 17.4 Å². The summed E-state index contributed by atoms with van der Waals surface area (Å²) < 4.78 is 0. The summed E-state index contributed by atoms with van der Waals surface area (Å²) in [5.74, 6) is -1.00. The minimum atomic E-state index is -0.872. The second-order valence-corrected chi connectivity index (χ2v) is 7.65. The maximum Gasteiger partial charge on any atom is 0.303 e. The Bertz CT molecular complexity index is 936. The van der Waals surface area contributed by atoms with Gasteiger partial charge in [-0.3, -0.25) is 9.59 Å². The fourth-order valence-corrected chi connectivity index (χ4v) is 3.62. The van der Waals surface area contributed by atoms with Gasteiger partial charge in [0.1, 0.15) is 0 Å². The molecule has 1 amide bonds. The number of hydrogen-bond acceptors (Lipinski definition) is 4. The highest BCUT2D eigenvalue weighted by Gasteiger charge is 2.16. The zero-order valence-electron chi connectivity index (χ0n) is 15.6. The first kappa shape index (κ1) is 19.8. The third kappa shape index (κ3) is 5.50. The Morgan fingerprint density at radius 1 is 1.11 bits per heavy atom. The van der Waals surface area contributed by atoms with Gasteiger partial charge in [-0.2, -0.15) is 0 Å². The average Bonchev–Trinajstić information content (AvgIpc) is 3.12. The molecule has 2 N–H and O–H groups in total. The lowest BCUT2D eigenvalue weighted by Crippen LogP contribution is -2.30. The predicted molar refractivity (Wildman–Crippen MR) is 110 cm³/mol. The van der Waals surface area contributed by atoms with Crippen LogP contribution >= 0.6 is 11.3 Å². The number of rotatable bonds is 8. The minimum absolute atomic E-state index is 0.00158. The Labute approximate surface area is 168 Å². The van der Waals surface area contributed by atoms with Gasteiger partial charge in [-0.25, -0.2) is 4.98 Å². The summed E-state index contributed by atoms with van der Waals surface area (Å²) in [4.78, 5) is 27.9. The number of carbonyl (C=O) groups excluding carboxylic acids is 1. The lowest BCUT2D eigenvalue weighted by molar-refractivity contribution is -0.137. The van der Waals surface area contributed by atoms with Crippen molar-refractivity contribution in [3.05, 3.63) is 76.1 Å². The summed E-state index contributed by atoms with van der Waals surface area (Å²) in [6.07, 6.45) is 0.599. The Morgan fingerprint density at radius 3 is 2.43 bits per heavy atom. The van der Waals surface area contributed by atoms with E-state index in [1.807, 2.05) is 66.9 Å². The highest BCUT2D eigenvalue weighted by molar-refractivity contribution is 7.09. The number of amides is 1. The molecule has 0 radical (unpaired) electrons. The van der Waals surface area contributed by atoms with Crippen LogP contribution in [0, 0.1) is 6.92 Å². The fraction of sp³-hybridized carbons (Fsp3) is 0.227. The van der Waals surface area contributed by atoms with E-state index in [2.05, 4.69) is 10.3 Å². The van der Waals surface area contributed by atoms with Gasteiger partial charge in [0.05, 0.1) is 23.2 Å². The smallest absolute Gasteiger partial charge is 0.303 e. The molecule has 1 unspecified atom stereocenters. The minimum Gasteiger partial charge on any atom is -0.481 e. The van der Waals surface area contributed by atoms with Crippen LogP contribution in [0.15, 0.2) is 60.0 Å². The molecule has 3 aromatic rings. The van der Waals surface area contributed by atoms with Crippen LogP contribution in [-0.2, 0) is 16.0 Å². The molecule has 6 heteroatoms. The number of thiazole rings is 1.